The van der Waals surface area contributed by atoms with Gasteiger partial charge in [-0.25, -0.2) is 0 Å². The maximum Gasteiger partial charge on any atom is 0.277 e. The molecule has 0 saturated carbocycles. The van der Waals surface area contributed by atoms with Crippen LogP contribution in [0.2, 0.25) is 0 Å². The summed E-state index contributed by atoms with van der Waals surface area (Å²) < 4.78 is 17.0. The fourth-order valence-corrected chi connectivity index (χ4v) is 4.08. The van der Waals surface area contributed by atoms with Crippen LogP contribution >= 0.6 is 0 Å². The molecule has 0 aliphatic carbocycles. The number of carbonyl (C=O) groups excluding carboxylic acids is 3. The Balaban J connectivity index is 1.51. The zero-order valence-electron chi connectivity index (χ0n) is 18.2. The lowest BCUT2D eigenvalue weighted by Crippen LogP contribution is -2.53. The molecule has 3 heterocycles. The quantitative estimate of drug-likeness (QED) is 0.739. The summed E-state index contributed by atoms with van der Waals surface area (Å²) in [5.41, 5.74) is 0.956. The number of benzene rings is 1. The number of amides is 3. The van der Waals surface area contributed by atoms with E-state index in [0.717, 1.165) is 0 Å². The van der Waals surface area contributed by atoms with Gasteiger partial charge in [-0.05, 0) is 38.0 Å². The summed E-state index contributed by atoms with van der Waals surface area (Å²) in [6.45, 7) is 1.95. The monoisotopic (exact) mass is 442 g/mol. The van der Waals surface area contributed by atoms with Crippen LogP contribution in [0.5, 0.6) is 5.75 Å². The summed E-state index contributed by atoms with van der Waals surface area (Å²) in [7, 11) is 3.33. The summed E-state index contributed by atoms with van der Waals surface area (Å²) in [4.78, 5) is 39.0. The molecule has 2 N–H and O–H groups in total. The van der Waals surface area contributed by atoms with Gasteiger partial charge >= 0.3 is 0 Å². The first-order valence-corrected chi connectivity index (χ1v) is 10.5. The third-order valence-electron chi connectivity index (χ3n) is 5.82. The maximum atomic E-state index is 13.2. The average Bonchev–Trinajstić information content (AvgIpc) is 3.23. The van der Waals surface area contributed by atoms with Crippen LogP contribution in [0.25, 0.3) is 0 Å². The highest BCUT2D eigenvalue weighted by molar-refractivity contribution is 6.04. The molecule has 4 rings (SSSR count). The predicted molar refractivity (Wildman–Crippen MR) is 114 cm³/mol. The maximum absolute atomic E-state index is 13.2. The van der Waals surface area contributed by atoms with E-state index in [4.69, 9.17) is 14.0 Å². The Morgan fingerprint density at radius 3 is 2.78 bits per heavy atom. The van der Waals surface area contributed by atoms with Crippen molar-refractivity contribution in [3.8, 4) is 5.75 Å². The second kappa shape index (κ2) is 8.99. The van der Waals surface area contributed by atoms with Crippen molar-refractivity contribution in [3.63, 3.8) is 0 Å². The van der Waals surface area contributed by atoms with Gasteiger partial charge in [-0.2, -0.15) is 0 Å². The molecule has 2 aliphatic rings. The third-order valence-corrected chi connectivity index (χ3v) is 5.82. The molecule has 0 unspecified atom stereocenters. The highest BCUT2D eigenvalue weighted by Gasteiger charge is 2.39. The Bertz CT molecular complexity index is 1040. The largest absolute Gasteiger partial charge is 0.490 e. The molecule has 1 saturated heterocycles. The molecule has 0 spiro atoms. The van der Waals surface area contributed by atoms with Crippen molar-refractivity contribution in [2.75, 3.05) is 26.0 Å². The van der Waals surface area contributed by atoms with Gasteiger partial charge in [0.25, 0.3) is 11.8 Å². The molecular weight excluding hydrogens is 416 g/mol. The number of fused-ring (bicyclic) bond motifs is 2. The number of hydrogen-bond donors (Lipinski definition) is 2. The number of rotatable bonds is 4. The van der Waals surface area contributed by atoms with Gasteiger partial charge in [-0.3, -0.25) is 14.4 Å². The Hall–Kier alpha value is -3.40. The van der Waals surface area contributed by atoms with Crippen LogP contribution in [0.15, 0.2) is 28.8 Å². The minimum absolute atomic E-state index is 0.0784. The molecule has 32 heavy (non-hydrogen) atoms. The first-order chi connectivity index (χ1) is 15.4. The van der Waals surface area contributed by atoms with E-state index >= 15 is 0 Å². The number of anilines is 1. The summed E-state index contributed by atoms with van der Waals surface area (Å²) >= 11 is 0. The number of aryl methyl sites for hydroxylation is 1. The van der Waals surface area contributed by atoms with Crippen LogP contribution in [-0.4, -0.2) is 66.7 Å². The van der Waals surface area contributed by atoms with Crippen LogP contribution in [0.4, 0.5) is 5.69 Å². The van der Waals surface area contributed by atoms with E-state index in [9.17, 15) is 14.4 Å². The third kappa shape index (κ3) is 4.45. The molecular formula is C22H26N4O6. The Labute approximate surface area is 185 Å². The van der Waals surface area contributed by atoms with E-state index < -0.39 is 5.91 Å². The number of carbonyl (C=O) groups is 3. The Morgan fingerprint density at radius 1 is 1.25 bits per heavy atom. The number of aromatic nitrogens is 1. The Morgan fingerprint density at radius 2 is 2.06 bits per heavy atom. The zero-order chi connectivity index (χ0) is 22.8. The van der Waals surface area contributed by atoms with Crippen molar-refractivity contribution in [2.24, 2.45) is 0 Å². The fraction of sp³-hybridized carbons (Fsp3) is 0.455. The van der Waals surface area contributed by atoms with E-state index in [-0.39, 0.29) is 48.8 Å². The lowest BCUT2D eigenvalue weighted by molar-refractivity contribution is -0.133. The molecule has 1 aromatic carbocycles. The molecule has 0 radical (unpaired) electrons. The second-order valence-electron chi connectivity index (χ2n) is 8.03. The molecule has 170 valence electrons. The van der Waals surface area contributed by atoms with Crippen molar-refractivity contribution in [2.45, 2.75) is 44.4 Å². The second-order valence-corrected chi connectivity index (χ2v) is 8.03. The number of nitrogens with one attached hydrogen (secondary N) is 2. The number of nitrogens with zero attached hydrogens (tertiary/aromatic N) is 2. The van der Waals surface area contributed by atoms with Gasteiger partial charge in [0.15, 0.2) is 5.69 Å². The van der Waals surface area contributed by atoms with E-state index in [1.807, 2.05) is 0 Å². The SMILES string of the molecule is CNC(=O)C[C@H]1CC[C@@H]2[C@@H](COc3ccc(NC(=O)c4cc(C)on4)cc3C(=O)N2C)O1. The van der Waals surface area contributed by atoms with Gasteiger partial charge in [0, 0.05) is 25.8 Å². The highest BCUT2D eigenvalue weighted by Crippen LogP contribution is 2.32. The van der Waals surface area contributed by atoms with E-state index in [1.54, 1.807) is 44.1 Å². The standard InChI is InChI=1S/C22H26N4O6/c1-12-8-16(25-32-12)21(28)24-13-4-7-18-15(9-13)22(29)26(3)17-6-5-14(10-20(27)23-2)31-19(17)11-30-18/h4,7-9,14,17,19H,5-6,10-11H2,1-3H3,(H,23,27)(H,24,28)/t14-,17-,19-/m1/s1. The molecule has 2 aliphatic heterocycles. The molecule has 2 aromatic rings. The van der Waals surface area contributed by atoms with Crippen LogP contribution in [0, 0.1) is 6.92 Å². The molecule has 3 atom stereocenters. The summed E-state index contributed by atoms with van der Waals surface area (Å²) in [5, 5.41) is 9.04. The van der Waals surface area contributed by atoms with E-state index in [2.05, 4.69) is 15.8 Å². The van der Waals surface area contributed by atoms with Gasteiger partial charge in [-0.15, -0.1) is 0 Å². The van der Waals surface area contributed by atoms with Crippen LogP contribution in [0.1, 0.15) is 45.9 Å². The Kier molecular flexibility index (Phi) is 6.13. The van der Waals surface area contributed by atoms with Crippen molar-refractivity contribution >= 4 is 23.4 Å². The van der Waals surface area contributed by atoms with Crippen molar-refractivity contribution < 1.29 is 28.4 Å². The summed E-state index contributed by atoms with van der Waals surface area (Å²) in [5.74, 6) is 0.201. The number of likely N-dealkylation sites (N-methyl/N-ethyl adjacent to an activating group) is 1. The topological polar surface area (TPSA) is 123 Å². The average molecular weight is 442 g/mol. The molecule has 3 amide bonds. The van der Waals surface area contributed by atoms with Crippen molar-refractivity contribution in [1.82, 2.24) is 15.4 Å². The van der Waals surface area contributed by atoms with Crippen molar-refractivity contribution in [1.29, 1.82) is 0 Å². The minimum atomic E-state index is -0.433. The van der Waals surface area contributed by atoms with E-state index in [1.165, 1.54) is 6.07 Å². The van der Waals surface area contributed by atoms with Gasteiger partial charge < -0.3 is 29.5 Å². The summed E-state index contributed by atoms with van der Waals surface area (Å²) in [6, 6.07) is 6.26. The zero-order valence-corrected chi connectivity index (χ0v) is 18.2. The summed E-state index contributed by atoms with van der Waals surface area (Å²) in [6.07, 6.45) is 1.11. The predicted octanol–water partition coefficient (Wildman–Crippen LogP) is 1.75. The molecule has 10 heteroatoms. The normalized spacial score (nSPS) is 22.7. The molecule has 1 fully saturated rings. The highest BCUT2D eigenvalue weighted by atomic mass is 16.5. The first-order valence-electron chi connectivity index (χ1n) is 10.5. The van der Waals surface area contributed by atoms with E-state index in [0.29, 0.717) is 35.6 Å². The minimum Gasteiger partial charge on any atom is -0.490 e. The van der Waals surface area contributed by atoms with Crippen LogP contribution < -0.4 is 15.4 Å². The van der Waals surface area contributed by atoms with Gasteiger partial charge in [-0.1, -0.05) is 5.16 Å². The van der Waals surface area contributed by atoms with Crippen LogP contribution in [0.3, 0.4) is 0 Å². The molecule has 1 aromatic heterocycles. The van der Waals surface area contributed by atoms with Crippen molar-refractivity contribution in [3.05, 3.63) is 41.3 Å². The lowest BCUT2D eigenvalue weighted by atomic mass is 9.94. The van der Waals surface area contributed by atoms with Gasteiger partial charge in [0.05, 0.1) is 24.1 Å². The van der Waals surface area contributed by atoms with Crippen LogP contribution in [-0.2, 0) is 9.53 Å². The molecule has 10 nitrogen and oxygen atoms in total. The first kappa shape index (κ1) is 21.8. The van der Waals surface area contributed by atoms with Gasteiger partial charge in [0.2, 0.25) is 5.91 Å². The molecule has 0 bridgehead atoms. The number of ether oxygens (including phenoxy) is 2. The number of hydrogen-bond acceptors (Lipinski definition) is 7. The smallest absolute Gasteiger partial charge is 0.277 e. The fourth-order valence-electron chi connectivity index (χ4n) is 4.08. The lowest BCUT2D eigenvalue weighted by Gasteiger charge is -2.42. The van der Waals surface area contributed by atoms with Gasteiger partial charge in [0.1, 0.15) is 24.2 Å².